The van der Waals surface area contributed by atoms with Crippen LogP contribution in [0.15, 0.2) is 76.6 Å². The number of nitrogens with zero attached hydrogens (tertiary/aromatic N) is 4. The molecule has 0 spiro atoms. The lowest BCUT2D eigenvalue weighted by Gasteiger charge is -2.11. The van der Waals surface area contributed by atoms with E-state index in [9.17, 15) is 14.9 Å². The predicted molar refractivity (Wildman–Crippen MR) is 125 cm³/mol. The van der Waals surface area contributed by atoms with Crippen molar-refractivity contribution < 1.29 is 9.53 Å². The molecule has 0 saturated heterocycles. The van der Waals surface area contributed by atoms with E-state index in [0.717, 1.165) is 21.0 Å². The second-order valence-corrected chi connectivity index (χ2v) is 7.14. The van der Waals surface area contributed by atoms with Crippen LogP contribution in [0.25, 0.3) is 16.5 Å². The highest BCUT2D eigenvalue weighted by Crippen LogP contribution is 2.17. The zero-order valence-electron chi connectivity index (χ0n) is 17.9. The van der Waals surface area contributed by atoms with Crippen molar-refractivity contribution in [3.05, 3.63) is 99.5 Å². The van der Waals surface area contributed by atoms with Crippen molar-refractivity contribution in [3.8, 4) is 17.5 Å². The number of methoxy groups -OCH3 is 1. The third kappa shape index (κ3) is 4.20. The van der Waals surface area contributed by atoms with Gasteiger partial charge in [0, 0.05) is 11.1 Å². The minimum Gasteiger partial charge on any atom is -0.497 e. The Balaban J connectivity index is 1.67. The molecule has 4 aromatic rings. The molecular formula is C25H19N5O3. The Kier molecular flexibility index (Phi) is 5.96. The first-order valence-electron chi connectivity index (χ1n) is 10.0. The Morgan fingerprint density at radius 2 is 1.85 bits per heavy atom. The molecule has 1 N–H and O–H groups in total. The van der Waals surface area contributed by atoms with E-state index in [2.05, 4.69) is 15.6 Å². The highest BCUT2D eigenvalue weighted by Gasteiger charge is 2.20. The molecular weight excluding hydrogens is 418 g/mol. The van der Waals surface area contributed by atoms with Gasteiger partial charge < -0.3 is 4.74 Å². The molecule has 0 aliphatic rings. The molecule has 0 aliphatic carbocycles. The average molecular weight is 437 g/mol. The van der Waals surface area contributed by atoms with Gasteiger partial charge in [0.15, 0.2) is 5.69 Å². The van der Waals surface area contributed by atoms with Crippen LogP contribution < -0.4 is 15.7 Å². The molecule has 1 amide bonds. The highest BCUT2D eigenvalue weighted by atomic mass is 16.5. The maximum Gasteiger partial charge on any atom is 0.292 e. The predicted octanol–water partition coefficient (Wildman–Crippen LogP) is 3.34. The lowest BCUT2D eigenvalue weighted by molar-refractivity contribution is 0.0947. The Morgan fingerprint density at radius 1 is 1.12 bits per heavy atom. The Morgan fingerprint density at radius 3 is 2.58 bits per heavy atom. The van der Waals surface area contributed by atoms with Gasteiger partial charge in [-0.1, -0.05) is 42.5 Å². The number of rotatable bonds is 5. The Bertz CT molecular complexity index is 1480. The van der Waals surface area contributed by atoms with Crippen molar-refractivity contribution in [1.29, 1.82) is 5.26 Å². The molecule has 3 aromatic carbocycles. The molecule has 33 heavy (non-hydrogen) atoms. The van der Waals surface area contributed by atoms with Crippen LogP contribution in [0.2, 0.25) is 0 Å². The minimum absolute atomic E-state index is 0.0722. The Labute approximate surface area is 189 Å². The van der Waals surface area contributed by atoms with E-state index in [1.165, 1.54) is 14.0 Å². The number of hydrogen-bond donors (Lipinski definition) is 1. The lowest BCUT2D eigenvalue weighted by Crippen LogP contribution is -2.31. The van der Waals surface area contributed by atoms with Gasteiger partial charge in [0.05, 0.1) is 19.0 Å². The van der Waals surface area contributed by atoms with E-state index >= 15 is 0 Å². The number of carbonyl (C=O) groups excluding carboxylic acids is 1. The molecule has 8 nitrogen and oxygen atoms in total. The molecule has 0 bridgehead atoms. The van der Waals surface area contributed by atoms with Crippen LogP contribution in [0.1, 0.15) is 27.2 Å². The number of carbonyl (C=O) groups is 1. The summed E-state index contributed by atoms with van der Waals surface area (Å²) >= 11 is 0. The largest absolute Gasteiger partial charge is 0.497 e. The monoisotopic (exact) mass is 437 g/mol. The van der Waals surface area contributed by atoms with E-state index in [0.29, 0.717) is 11.4 Å². The van der Waals surface area contributed by atoms with Gasteiger partial charge in [-0.3, -0.25) is 9.59 Å². The first-order valence-corrected chi connectivity index (χ1v) is 10.0. The van der Waals surface area contributed by atoms with Gasteiger partial charge >= 0.3 is 0 Å². The summed E-state index contributed by atoms with van der Waals surface area (Å²) in [4.78, 5) is 25.6. The summed E-state index contributed by atoms with van der Waals surface area (Å²) in [6, 6.07) is 22.0. The normalized spacial score (nSPS) is 10.8. The molecule has 4 rings (SSSR count). The third-order valence-corrected chi connectivity index (χ3v) is 5.17. The van der Waals surface area contributed by atoms with Crippen molar-refractivity contribution >= 4 is 22.9 Å². The van der Waals surface area contributed by atoms with Crippen LogP contribution in [0.5, 0.6) is 5.75 Å². The lowest BCUT2D eigenvalue weighted by atomic mass is 10.1. The second-order valence-electron chi connectivity index (χ2n) is 7.14. The average Bonchev–Trinajstić information content (AvgIpc) is 2.84. The minimum atomic E-state index is -0.636. The smallest absolute Gasteiger partial charge is 0.292 e. The van der Waals surface area contributed by atoms with Crippen molar-refractivity contribution in [1.82, 2.24) is 15.2 Å². The van der Waals surface area contributed by atoms with E-state index < -0.39 is 11.5 Å². The van der Waals surface area contributed by atoms with Crippen LogP contribution in [-0.2, 0) is 0 Å². The van der Waals surface area contributed by atoms with Crippen molar-refractivity contribution in [3.63, 3.8) is 0 Å². The number of benzene rings is 3. The molecule has 0 saturated carbocycles. The molecule has 0 atom stereocenters. The summed E-state index contributed by atoms with van der Waals surface area (Å²) in [5.41, 5.74) is 3.01. The number of hydrogen-bond acceptors (Lipinski definition) is 6. The van der Waals surface area contributed by atoms with Crippen LogP contribution in [0, 0.1) is 18.3 Å². The Hall–Kier alpha value is -4.77. The van der Waals surface area contributed by atoms with Gasteiger partial charge in [0.25, 0.3) is 11.5 Å². The van der Waals surface area contributed by atoms with E-state index in [4.69, 9.17) is 4.74 Å². The molecule has 8 heteroatoms. The van der Waals surface area contributed by atoms with Crippen molar-refractivity contribution in [2.24, 2.45) is 5.10 Å². The number of hydrazone groups is 1. The topological polar surface area (TPSA) is 109 Å². The number of nitriles is 1. The zero-order valence-corrected chi connectivity index (χ0v) is 17.9. The summed E-state index contributed by atoms with van der Waals surface area (Å²) in [5.74, 6) is -0.0390. The number of nitrogens with one attached hydrogen (secondary N) is 1. The molecule has 162 valence electrons. The van der Waals surface area contributed by atoms with Gasteiger partial charge in [-0.05, 0) is 42.0 Å². The molecule has 0 fully saturated rings. The fourth-order valence-corrected chi connectivity index (χ4v) is 3.43. The SMILES string of the molecule is COc1ccc(-n2nc(C(=O)N/N=C/c3cccc4ccccc34)c(C)c(C#N)c2=O)cc1. The maximum absolute atomic E-state index is 12.9. The summed E-state index contributed by atoms with van der Waals surface area (Å²) in [7, 11) is 1.53. The van der Waals surface area contributed by atoms with Crippen LogP contribution >= 0.6 is 0 Å². The standard InChI is InChI=1S/C25H19N5O3/c1-16-22(14-26)25(32)30(19-10-12-20(33-2)13-11-19)29-23(16)24(31)28-27-15-18-8-5-7-17-6-3-4-9-21(17)18/h3-13,15H,1-2H3,(H,28,31)/b27-15+. The zero-order chi connectivity index (χ0) is 23.4. The van der Waals surface area contributed by atoms with Crippen LogP contribution in [0.4, 0.5) is 0 Å². The van der Waals surface area contributed by atoms with Crippen LogP contribution in [0.3, 0.4) is 0 Å². The van der Waals surface area contributed by atoms with Gasteiger partial charge in [0.2, 0.25) is 0 Å². The fourth-order valence-electron chi connectivity index (χ4n) is 3.43. The summed E-state index contributed by atoms with van der Waals surface area (Å²) in [6.45, 7) is 1.51. The maximum atomic E-state index is 12.9. The van der Waals surface area contributed by atoms with E-state index in [1.807, 2.05) is 48.5 Å². The number of fused-ring (bicyclic) bond motifs is 1. The molecule has 1 heterocycles. The quantitative estimate of drug-likeness (QED) is 0.380. The fraction of sp³-hybridized carbons (Fsp3) is 0.0800. The molecule has 0 aliphatic heterocycles. The second kappa shape index (κ2) is 9.16. The first kappa shape index (κ1) is 21.5. The summed E-state index contributed by atoms with van der Waals surface area (Å²) in [6.07, 6.45) is 1.54. The molecule has 0 unspecified atom stereocenters. The first-order chi connectivity index (χ1) is 16.0. The number of ether oxygens (including phenoxy) is 1. The van der Waals surface area contributed by atoms with Gasteiger partial charge in [-0.15, -0.1) is 0 Å². The molecule has 1 aromatic heterocycles. The van der Waals surface area contributed by atoms with Crippen LogP contribution in [-0.4, -0.2) is 29.0 Å². The van der Waals surface area contributed by atoms with E-state index in [-0.39, 0.29) is 16.8 Å². The third-order valence-electron chi connectivity index (χ3n) is 5.17. The van der Waals surface area contributed by atoms with E-state index in [1.54, 1.807) is 30.5 Å². The number of amides is 1. The highest BCUT2D eigenvalue weighted by molar-refractivity contribution is 6.00. The summed E-state index contributed by atoms with van der Waals surface area (Å²) in [5, 5.41) is 19.8. The number of aromatic nitrogens is 2. The van der Waals surface area contributed by atoms with Gasteiger partial charge in [-0.2, -0.15) is 20.1 Å². The molecule has 0 radical (unpaired) electrons. The van der Waals surface area contributed by atoms with Gasteiger partial charge in [-0.25, -0.2) is 5.43 Å². The van der Waals surface area contributed by atoms with Gasteiger partial charge in [0.1, 0.15) is 17.4 Å². The van der Waals surface area contributed by atoms with Crippen molar-refractivity contribution in [2.45, 2.75) is 6.92 Å². The van der Waals surface area contributed by atoms with Crippen molar-refractivity contribution in [2.75, 3.05) is 7.11 Å². The summed E-state index contributed by atoms with van der Waals surface area (Å²) < 4.78 is 6.15.